The van der Waals surface area contributed by atoms with Crippen LogP contribution in [0.1, 0.15) is 34.0 Å². The average molecular weight is 331 g/mol. The highest BCUT2D eigenvalue weighted by molar-refractivity contribution is 7.09. The minimum atomic E-state index is 0.0494. The topological polar surface area (TPSA) is 62.2 Å². The van der Waals surface area contributed by atoms with Gasteiger partial charge in [0.2, 0.25) is 0 Å². The van der Waals surface area contributed by atoms with Crippen LogP contribution in [0.15, 0.2) is 17.8 Å². The van der Waals surface area contributed by atoms with E-state index in [4.69, 9.17) is 0 Å². The van der Waals surface area contributed by atoms with Crippen LogP contribution < -0.4 is 4.90 Å². The van der Waals surface area contributed by atoms with Gasteiger partial charge in [0.15, 0.2) is 0 Å². The van der Waals surface area contributed by atoms with Crippen LogP contribution in [0.3, 0.4) is 0 Å². The third-order valence-electron chi connectivity index (χ3n) is 4.29. The molecule has 3 rings (SSSR count). The van der Waals surface area contributed by atoms with Crippen LogP contribution in [0.4, 0.5) is 5.82 Å². The predicted octanol–water partition coefficient (Wildman–Crippen LogP) is 2.29. The molecule has 0 spiro atoms. The Balaban J connectivity index is 1.61. The van der Waals surface area contributed by atoms with E-state index in [0.29, 0.717) is 11.7 Å². The van der Waals surface area contributed by atoms with Gasteiger partial charge in [0, 0.05) is 43.3 Å². The summed E-state index contributed by atoms with van der Waals surface area (Å²) in [5.74, 6) is 0.991. The highest BCUT2D eigenvalue weighted by Gasteiger charge is 2.27. The Morgan fingerprint density at radius 3 is 2.65 bits per heavy atom. The van der Waals surface area contributed by atoms with Crippen molar-refractivity contribution >= 4 is 23.1 Å². The second kappa shape index (κ2) is 6.62. The fraction of sp³-hybridized carbons (Fsp3) is 0.500. The van der Waals surface area contributed by atoms with Gasteiger partial charge in [-0.15, -0.1) is 11.3 Å². The van der Waals surface area contributed by atoms with Gasteiger partial charge in [-0.05, 0) is 26.7 Å². The first kappa shape index (κ1) is 15.9. The van der Waals surface area contributed by atoms with Gasteiger partial charge in [-0.2, -0.15) is 0 Å². The third-order valence-corrected chi connectivity index (χ3v) is 5.06. The molecular formula is C16H21N5OS. The standard InChI is InChI=1S/C16H21N5OS/c1-11-8-15(18-10-17-11)20(3)13-4-6-21(7-5-13)16(22)14-9-23-12(2)19-14/h8-10,13H,4-7H2,1-3H3. The fourth-order valence-electron chi connectivity index (χ4n) is 2.90. The van der Waals surface area contributed by atoms with Crippen molar-refractivity contribution in [3.63, 3.8) is 0 Å². The molecule has 23 heavy (non-hydrogen) atoms. The van der Waals surface area contributed by atoms with Gasteiger partial charge >= 0.3 is 0 Å². The summed E-state index contributed by atoms with van der Waals surface area (Å²) in [7, 11) is 2.06. The molecule has 6 nitrogen and oxygen atoms in total. The van der Waals surface area contributed by atoms with E-state index in [1.54, 1.807) is 6.33 Å². The van der Waals surface area contributed by atoms with Crippen molar-refractivity contribution in [2.45, 2.75) is 32.7 Å². The lowest BCUT2D eigenvalue weighted by Gasteiger charge is -2.37. The van der Waals surface area contributed by atoms with E-state index in [2.05, 4.69) is 26.9 Å². The van der Waals surface area contributed by atoms with Crippen molar-refractivity contribution in [3.8, 4) is 0 Å². The molecule has 0 bridgehead atoms. The molecule has 3 heterocycles. The number of amides is 1. The van der Waals surface area contributed by atoms with Crippen LogP contribution in [0, 0.1) is 13.8 Å². The number of hydrogen-bond acceptors (Lipinski definition) is 6. The molecule has 0 aliphatic carbocycles. The summed E-state index contributed by atoms with van der Waals surface area (Å²) in [4.78, 5) is 29.3. The van der Waals surface area contributed by atoms with Crippen molar-refractivity contribution in [1.82, 2.24) is 19.9 Å². The Morgan fingerprint density at radius 2 is 2.04 bits per heavy atom. The number of rotatable bonds is 3. The summed E-state index contributed by atoms with van der Waals surface area (Å²) in [5, 5.41) is 2.78. The fourth-order valence-corrected chi connectivity index (χ4v) is 3.49. The van der Waals surface area contributed by atoms with Crippen molar-refractivity contribution in [3.05, 3.63) is 34.2 Å². The summed E-state index contributed by atoms with van der Waals surface area (Å²) < 4.78 is 0. The molecule has 0 unspecified atom stereocenters. The maximum atomic E-state index is 12.4. The zero-order valence-corrected chi connectivity index (χ0v) is 14.5. The van der Waals surface area contributed by atoms with E-state index in [1.807, 2.05) is 30.2 Å². The molecule has 0 radical (unpaired) electrons. The Kier molecular flexibility index (Phi) is 4.56. The lowest BCUT2D eigenvalue weighted by Crippen LogP contribution is -2.46. The molecule has 1 saturated heterocycles. The molecular weight excluding hydrogens is 310 g/mol. The summed E-state index contributed by atoms with van der Waals surface area (Å²) in [6.07, 6.45) is 3.48. The molecule has 0 aromatic carbocycles. The largest absolute Gasteiger partial charge is 0.356 e. The van der Waals surface area contributed by atoms with Crippen LogP contribution in [-0.4, -0.2) is 51.9 Å². The quantitative estimate of drug-likeness (QED) is 0.863. The molecule has 0 saturated carbocycles. The van der Waals surface area contributed by atoms with Gasteiger partial charge < -0.3 is 9.80 Å². The van der Waals surface area contributed by atoms with Crippen LogP contribution in [0.25, 0.3) is 0 Å². The van der Waals surface area contributed by atoms with Gasteiger partial charge in [-0.25, -0.2) is 15.0 Å². The van der Waals surface area contributed by atoms with Gasteiger partial charge in [-0.3, -0.25) is 4.79 Å². The van der Waals surface area contributed by atoms with Crippen LogP contribution >= 0.6 is 11.3 Å². The van der Waals surface area contributed by atoms with E-state index in [0.717, 1.165) is 42.5 Å². The van der Waals surface area contributed by atoms with E-state index in [9.17, 15) is 4.79 Å². The van der Waals surface area contributed by atoms with Crippen molar-refractivity contribution in [2.75, 3.05) is 25.0 Å². The minimum Gasteiger partial charge on any atom is -0.356 e. The number of likely N-dealkylation sites (tertiary alicyclic amines) is 1. The second-order valence-corrected chi connectivity index (χ2v) is 6.97. The summed E-state index contributed by atoms with van der Waals surface area (Å²) >= 11 is 1.52. The highest BCUT2D eigenvalue weighted by Crippen LogP contribution is 2.22. The van der Waals surface area contributed by atoms with Crippen molar-refractivity contribution in [1.29, 1.82) is 0 Å². The Labute approximate surface area is 140 Å². The van der Waals surface area contributed by atoms with Crippen LogP contribution in [-0.2, 0) is 0 Å². The number of anilines is 1. The molecule has 2 aromatic heterocycles. The smallest absolute Gasteiger partial charge is 0.273 e. The monoisotopic (exact) mass is 331 g/mol. The van der Waals surface area contributed by atoms with Crippen LogP contribution in [0.5, 0.6) is 0 Å². The number of nitrogens with zero attached hydrogens (tertiary/aromatic N) is 5. The number of hydrogen-bond donors (Lipinski definition) is 0. The van der Waals surface area contributed by atoms with Gasteiger partial charge in [-0.1, -0.05) is 0 Å². The maximum absolute atomic E-state index is 12.4. The number of carbonyl (C=O) groups is 1. The average Bonchev–Trinajstić information content (AvgIpc) is 3.00. The molecule has 1 aliphatic heterocycles. The number of aromatic nitrogens is 3. The zero-order chi connectivity index (χ0) is 16.4. The molecule has 1 fully saturated rings. The van der Waals surface area contributed by atoms with E-state index in [1.165, 1.54) is 11.3 Å². The van der Waals surface area contributed by atoms with Gasteiger partial charge in [0.1, 0.15) is 17.8 Å². The normalized spacial score (nSPS) is 15.7. The second-order valence-electron chi connectivity index (χ2n) is 5.90. The lowest BCUT2D eigenvalue weighted by atomic mass is 10.0. The molecule has 1 amide bonds. The number of carbonyl (C=O) groups excluding carboxylic acids is 1. The zero-order valence-electron chi connectivity index (χ0n) is 13.7. The molecule has 0 atom stereocenters. The first-order valence-electron chi connectivity index (χ1n) is 7.77. The molecule has 122 valence electrons. The molecule has 7 heteroatoms. The van der Waals surface area contributed by atoms with Gasteiger partial charge in [0.25, 0.3) is 5.91 Å². The lowest BCUT2D eigenvalue weighted by molar-refractivity contribution is 0.0708. The summed E-state index contributed by atoms with van der Waals surface area (Å²) in [6.45, 7) is 5.41. The summed E-state index contributed by atoms with van der Waals surface area (Å²) in [6, 6.07) is 2.39. The predicted molar refractivity (Wildman–Crippen MR) is 90.9 cm³/mol. The highest BCUT2D eigenvalue weighted by atomic mass is 32.1. The van der Waals surface area contributed by atoms with Crippen molar-refractivity contribution in [2.24, 2.45) is 0 Å². The maximum Gasteiger partial charge on any atom is 0.273 e. The Hall–Kier alpha value is -2.02. The van der Waals surface area contributed by atoms with E-state index >= 15 is 0 Å². The Bertz CT molecular complexity index is 693. The van der Waals surface area contributed by atoms with E-state index < -0.39 is 0 Å². The van der Waals surface area contributed by atoms with Crippen molar-refractivity contribution < 1.29 is 4.79 Å². The first-order valence-corrected chi connectivity index (χ1v) is 8.65. The minimum absolute atomic E-state index is 0.0494. The molecule has 2 aromatic rings. The SMILES string of the molecule is Cc1cc(N(C)C2CCN(C(=O)c3csc(C)n3)CC2)ncn1. The Morgan fingerprint density at radius 1 is 1.30 bits per heavy atom. The number of piperidine rings is 1. The number of aryl methyl sites for hydroxylation is 2. The molecule has 0 N–H and O–H groups in total. The molecule has 1 aliphatic rings. The van der Waals surface area contributed by atoms with Gasteiger partial charge in [0.05, 0.1) is 5.01 Å². The van der Waals surface area contributed by atoms with Crippen LogP contribution in [0.2, 0.25) is 0 Å². The third kappa shape index (κ3) is 3.50. The van der Waals surface area contributed by atoms with E-state index in [-0.39, 0.29) is 5.91 Å². The number of thiazole rings is 1. The first-order chi connectivity index (χ1) is 11.0. The summed E-state index contributed by atoms with van der Waals surface area (Å²) in [5.41, 5.74) is 1.54.